The second-order valence-electron chi connectivity index (χ2n) is 7.00. The van der Waals surface area contributed by atoms with Crippen LogP contribution in [0.15, 0.2) is 77.7 Å². The minimum atomic E-state index is -4.12. The molecule has 0 atom stereocenters. The molecule has 0 N–H and O–H groups in total. The number of ether oxygens (including phenoxy) is 2. The molecule has 0 unspecified atom stereocenters. The van der Waals surface area contributed by atoms with Crippen molar-refractivity contribution >= 4 is 21.6 Å². The van der Waals surface area contributed by atoms with Gasteiger partial charge in [-0.25, -0.2) is 8.42 Å². The number of carbonyl (C=O) groups is 1. The number of amides is 1. The standard InChI is InChI=1S/C24H25NO5S/c1-4-29-21-11-13-22(14-12-21)30-17-24(26)25(20-9-5-18(2)6-10-20)31(27,28)23-15-7-19(3)8-16-23/h5-16H,4,17H2,1-3H3. The molecule has 0 aliphatic carbocycles. The van der Waals surface area contributed by atoms with Gasteiger partial charge in [0.15, 0.2) is 6.61 Å². The van der Waals surface area contributed by atoms with E-state index in [-0.39, 0.29) is 10.6 Å². The monoisotopic (exact) mass is 439 g/mol. The molecule has 0 aromatic heterocycles. The van der Waals surface area contributed by atoms with Crippen LogP contribution in [0, 0.1) is 13.8 Å². The van der Waals surface area contributed by atoms with Gasteiger partial charge in [-0.15, -0.1) is 0 Å². The van der Waals surface area contributed by atoms with E-state index in [2.05, 4.69) is 0 Å². The number of nitrogens with zero attached hydrogens (tertiary/aromatic N) is 1. The minimum absolute atomic E-state index is 0.0353. The fraction of sp³-hybridized carbons (Fsp3) is 0.208. The van der Waals surface area contributed by atoms with Crippen molar-refractivity contribution in [2.45, 2.75) is 25.7 Å². The molecule has 0 heterocycles. The van der Waals surface area contributed by atoms with Crippen LogP contribution in [0.3, 0.4) is 0 Å². The predicted octanol–water partition coefficient (Wildman–Crippen LogP) is 4.50. The first-order valence-electron chi connectivity index (χ1n) is 9.88. The van der Waals surface area contributed by atoms with Crippen LogP contribution in [0.2, 0.25) is 0 Å². The number of sulfonamides is 1. The molecular formula is C24H25NO5S. The Hall–Kier alpha value is -3.32. The maximum absolute atomic E-state index is 13.3. The zero-order chi connectivity index (χ0) is 22.4. The van der Waals surface area contributed by atoms with Gasteiger partial charge in [0.25, 0.3) is 15.9 Å². The van der Waals surface area contributed by atoms with E-state index >= 15 is 0 Å². The van der Waals surface area contributed by atoms with Crippen LogP contribution >= 0.6 is 0 Å². The summed E-state index contributed by atoms with van der Waals surface area (Å²) >= 11 is 0. The van der Waals surface area contributed by atoms with Crippen LogP contribution in [0.5, 0.6) is 11.5 Å². The van der Waals surface area contributed by atoms with Crippen molar-refractivity contribution in [3.63, 3.8) is 0 Å². The van der Waals surface area contributed by atoms with Crippen molar-refractivity contribution in [1.82, 2.24) is 0 Å². The van der Waals surface area contributed by atoms with Gasteiger partial charge in [-0.2, -0.15) is 4.31 Å². The van der Waals surface area contributed by atoms with Crippen LogP contribution in [0.1, 0.15) is 18.1 Å². The van der Waals surface area contributed by atoms with Gasteiger partial charge in [0.1, 0.15) is 11.5 Å². The molecule has 0 aliphatic rings. The molecule has 0 bridgehead atoms. The highest BCUT2D eigenvalue weighted by molar-refractivity contribution is 7.93. The van der Waals surface area contributed by atoms with Gasteiger partial charge in [-0.05, 0) is 69.3 Å². The Labute approximate surface area is 183 Å². The summed E-state index contributed by atoms with van der Waals surface area (Å²) in [5, 5.41) is 0. The van der Waals surface area contributed by atoms with E-state index < -0.39 is 22.5 Å². The normalized spacial score (nSPS) is 11.1. The average Bonchev–Trinajstić information content (AvgIpc) is 2.75. The lowest BCUT2D eigenvalue weighted by molar-refractivity contribution is -0.119. The Kier molecular flexibility index (Phi) is 6.97. The molecule has 0 saturated carbocycles. The molecule has 31 heavy (non-hydrogen) atoms. The van der Waals surface area contributed by atoms with Crippen molar-refractivity contribution in [2.75, 3.05) is 17.5 Å². The van der Waals surface area contributed by atoms with Crippen molar-refractivity contribution in [3.05, 3.63) is 83.9 Å². The first kappa shape index (κ1) is 22.4. The Balaban J connectivity index is 1.87. The summed E-state index contributed by atoms with van der Waals surface area (Å²) in [5.74, 6) is 0.427. The third-order valence-electron chi connectivity index (χ3n) is 4.55. The number of benzene rings is 3. The van der Waals surface area contributed by atoms with E-state index in [0.717, 1.165) is 15.4 Å². The maximum Gasteiger partial charge on any atom is 0.278 e. The van der Waals surface area contributed by atoms with Gasteiger partial charge in [0.05, 0.1) is 17.2 Å². The molecule has 0 aliphatic heterocycles. The minimum Gasteiger partial charge on any atom is -0.494 e. The molecular weight excluding hydrogens is 414 g/mol. The molecule has 6 nitrogen and oxygen atoms in total. The molecule has 7 heteroatoms. The topological polar surface area (TPSA) is 72.9 Å². The second-order valence-corrected chi connectivity index (χ2v) is 8.79. The highest BCUT2D eigenvalue weighted by Gasteiger charge is 2.31. The number of aryl methyl sites for hydroxylation is 2. The number of anilines is 1. The molecule has 1 amide bonds. The Morgan fingerprint density at radius 2 is 1.26 bits per heavy atom. The lowest BCUT2D eigenvalue weighted by atomic mass is 10.2. The first-order chi connectivity index (χ1) is 14.8. The van der Waals surface area contributed by atoms with Crippen molar-refractivity contribution in [2.24, 2.45) is 0 Å². The van der Waals surface area contributed by atoms with E-state index in [1.807, 2.05) is 20.8 Å². The van der Waals surface area contributed by atoms with Crippen LogP contribution in [-0.4, -0.2) is 27.5 Å². The summed E-state index contributed by atoms with van der Waals surface area (Å²) < 4.78 is 38.4. The predicted molar refractivity (Wildman–Crippen MR) is 120 cm³/mol. The molecule has 3 aromatic carbocycles. The van der Waals surface area contributed by atoms with Gasteiger partial charge < -0.3 is 9.47 Å². The quantitative estimate of drug-likeness (QED) is 0.517. The van der Waals surface area contributed by atoms with Gasteiger partial charge >= 0.3 is 0 Å². The van der Waals surface area contributed by atoms with Gasteiger partial charge in [-0.1, -0.05) is 35.4 Å². The fourth-order valence-corrected chi connectivity index (χ4v) is 4.33. The third kappa shape index (κ3) is 5.44. The van der Waals surface area contributed by atoms with Crippen LogP contribution in [0.25, 0.3) is 0 Å². The number of carbonyl (C=O) groups excluding carboxylic acids is 1. The lowest BCUT2D eigenvalue weighted by Gasteiger charge is -2.23. The molecule has 3 aromatic rings. The third-order valence-corrected chi connectivity index (χ3v) is 6.31. The van der Waals surface area contributed by atoms with E-state index in [1.54, 1.807) is 60.7 Å². The number of hydrogen-bond donors (Lipinski definition) is 0. The van der Waals surface area contributed by atoms with Crippen LogP contribution < -0.4 is 13.8 Å². The van der Waals surface area contributed by atoms with Crippen LogP contribution in [-0.2, 0) is 14.8 Å². The molecule has 0 fully saturated rings. The molecule has 0 saturated heterocycles. The zero-order valence-corrected chi connectivity index (χ0v) is 18.6. The van der Waals surface area contributed by atoms with Gasteiger partial charge in [0, 0.05) is 0 Å². The highest BCUT2D eigenvalue weighted by atomic mass is 32.2. The number of rotatable bonds is 8. The lowest BCUT2D eigenvalue weighted by Crippen LogP contribution is -2.40. The second kappa shape index (κ2) is 9.66. The smallest absolute Gasteiger partial charge is 0.278 e. The first-order valence-corrected chi connectivity index (χ1v) is 11.3. The van der Waals surface area contributed by atoms with Crippen molar-refractivity contribution in [3.8, 4) is 11.5 Å². The molecule has 0 radical (unpaired) electrons. The summed E-state index contributed by atoms with van der Waals surface area (Å²) in [4.78, 5) is 13.1. The van der Waals surface area contributed by atoms with E-state index in [1.165, 1.54) is 12.1 Å². The van der Waals surface area contributed by atoms with Crippen molar-refractivity contribution in [1.29, 1.82) is 0 Å². The zero-order valence-electron chi connectivity index (χ0n) is 17.7. The average molecular weight is 440 g/mol. The fourth-order valence-electron chi connectivity index (χ4n) is 2.92. The van der Waals surface area contributed by atoms with E-state index in [4.69, 9.17) is 9.47 Å². The molecule has 162 valence electrons. The summed E-state index contributed by atoms with van der Waals surface area (Å²) in [6, 6.07) is 19.9. The van der Waals surface area contributed by atoms with Crippen LogP contribution in [0.4, 0.5) is 5.69 Å². The molecule has 0 spiro atoms. The van der Waals surface area contributed by atoms with E-state index in [0.29, 0.717) is 18.1 Å². The Morgan fingerprint density at radius 3 is 1.77 bits per heavy atom. The van der Waals surface area contributed by atoms with Gasteiger partial charge in [-0.3, -0.25) is 4.79 Å². The summed E-state index contributed by atoms with van der Waals surface area (Å²) in [7, 11) is -4.12. The molecule has 3 rings (SSSR count). The summed E-state index contributed by atoms with van der Waals surface area (Å²) in [6.45, 7) is 5.74. The maximum atomic E-state index is 13.3. The van der Waals surface area contributed by atoms with E-state index in [9.17, 15) is 13.2 Å². The largest absolute Gasteiger partial charge is 0.494 e. The van der Waals surface area contributed by atoms with Crippen molar-refractivity contribution < 1.29 is 22.7 Å². The highest BCUT2D eigenvalue weighted by Crippen LogP contribution is 2.25. The summed E-state index contributed by atoms with van der Waals surface area (Å²) in [5.41, 5.74) is 2.13. The Bertz CT molecular complexity index is 1120. The van der Waals surface area contributed by atoms with Gasteiger partial charge in [0.2, 0.25) is 0 Å². The number of hydrogen-bond acceptors (Lipinski definition) is 5. The SMILES string of the molecule is CCOc1ccc(OCC(=O)N(c2ccc(C)cc2)S(=O)(=O)c2ccc(C)cc2)cc1. The Morgan fingerprint density at radius 1 is 0.774 bits per heavy atom. The summed E-state index contributed by atoms with van der Waals surface area (Å²) in [6.07, 6.45) is 0.